The van der Waals surface area contributed by atoms with Gasteiger partial charge in [0, 0.05) is 24.2 Å². The fourth-order valence-corrected chi connectivity index (χ4v) is 1.46. The van der Waals surface area contributed by atoms with Crippen molar-refractivity contribution in [2.75, 3.05) is 0 Å². The first-order valence-corrected chi connectivity index (χ1v) is 5.82. The van der Waals surface area contributed by atoms with Gasteiger partial charge in [-0.15, -0.1) is 0 Å². The zero-order valence-corrected chi connectivity index (χ0v) is 10.8. The van der Waals surface area contributed by atoms with Crippen LogP contribution in [-0.4, -0.2) is 22.0 Å². The molecule has 4 N–H and O–H groups in total. The Morgan fingerprint density at radius 3 is 1.60 bits per heavy atom. The minimum atomic E-state index is -0.383. The van der Waals surface area contributed by atoms with Gasteiger partial charge in [0.2, 0.25) is 11.8 Å². The Hall–Kier alpha value is -2.76. The van der Waals surface area contributed by atoms with Crippen LogP contribution in [0, 0.1) is 0 Å². The third kappa shape index (κ3) is 4.16. The van der Waals surface area contributed by atoms with Crippen molar-refractivity contribution in [1.82, 2.24) is 10.6 Å². The lowest BCUT2D eigenvalue weighted by Gasteiger charge is -2.10. The third-order valence-electron chi connectivity index (χ3n) is 2.56. The molecule has 0 saturated heterocycles. The molecule has 1 aromatic rings. The third-order valence-corrected chi connectivity index (χ3v) is 2.56. The van der Waals surface area contributed by atoms with Crippen molar-refractivity contribution in [3.63, 3.8) is 0 Å². The van der Waals surface area contributed by atoms with Crippen molar-refractivity contribution in [3.8, 4) is 11.5 Å². The minimum Gasteiger partial charge on any atom is -0.508 e. The second-order valence-electron chi connectivity index (χ2n) is 3.95. The van der Waals surface area contributed by atoms with Gasteiger partial charge in [0.05, 0.1) is 0 Å². The standard InChI is InChI=1S/C14H16N2O4/c1-3-13(19)15-7-9-5-12(18)10(6-11(9)17)8-16-14(20)4-2/h3-6,17-18H,1-2,7-8H2,(H,15,19)(H,16,20). The van der Waals surface area contributed by atoms with Crippen LogP contribution < -0.4 is 10.6 Å². The van der Waals surface area contributed by atoms with E-state index in [-0.39, 0.29) is 36.4 Å². The van der Waals surface area contributed by atoms with Crippen molar-refractivity contribution >= 4 is 11.8 Å². The topological polar surface area (TPSA) is 98.7 Å². The lowest BCUT2D eigenvalue weighted by atomic mass is 10.1. The summed E-state index contributed by atoms with van der Waals surface area (Å²) in [4.78, 5) is 22.1. The summed E-state index contributed by atoms with van der Waals surface area (Å²) in [6.07, 6.45) is 2.21. The van der Waals surface area contributed by atoms with Crippen molar-refractivity contribution in [2.45, 2.75) is 13.1 Å². The number of rotatable bonds is 6. The largest absolute Gasteiger partial charge is 0.508 e. The smallest absolute Gasteiger partial charge is 0.243 e. The van der Waals surface area contributed by atoms with Gasteiger partial charge in [0.1, 0.15) is 11.5 Å². The predicted molar refractivity (Wildman–Crippen MR) is 73.9 cm³/mol. The number of nitrogens with one attached hydrogen (secondary N) is 2. The monoisotopic (exact) mass is 276 g/mol. The number of benzene rings is 1. The van der Waals surface area contributed by atoms with Crippen LogP contribution in [0.15, 0.2) is 37.4 Å². The first kappa shape index (κ1) is 15.3. The van der Waals surface area contributed by atoms with Gasteiger partial charge in [-0.05, 0) is 24.3 Å². The zero-order valence-electron chi connectivity index (χ0n) is 10.8. The van der Waals surface area contributed by atoms with E-state index in [1.807, 2.05) is 0 Å². The second kappa shape index (κ2) is 6.98. The number of phenols is 2. The molecule has 0 radical (unpaired) electrons. The maximum absolute atomic E-state index is 11.0. The minimum absolute atomic E-state index is 0.0591. The van der Waals surface area contributed by atoms with E-state index in [0.29, 0.717) is 11.1 Å². The van der Waals surface area contributed by atoms with E-state index in [1.54, 1.807) is 0 Å². The highest BCUT2D eigenvalue weighted by Crippen LogP contribution is 2.27. The summed E-state index contributed by atoms with van der Waals surface area (Å²) in [5.74, 6) is -0.942. The van der Waals surface area contributed by atoms with Crippen LogP contribution in [0.3, 0.4) is 0 Å². The van der Waals surface area contributed by atoms with Gasteiger partial charge in [0.25, 0.3) is 0 Å². The summed E-state index contributed by atoms with van der Waals surface area (Å²) in [7, 11) is 0. The first-order valence-electron chi connectivity index (χ1n) is 5.82. The zero-order chi connectivity index (χ0) is 15.1. The summed E-state index contributed by atoms with van der Waals surface area (Å²) >= 11 is 0. The van der Waals surface area contributed by atoms with E-state index in [2.05, 4.69) is 23.8 Å². The summed E-state index contributed by atoms with van der Waals surface area (Å²) < 4.78 is 0. The van der Waals surface area contributed by atoms with Crippen molar-refractivity contribution in [1.29, 1.82) is 0 Å². The molecule has 6 nitrogen and oxygen atoms in total. The maximum atomic E-state index is 11.0. The quantitative estimate of drug-likeness (QED) is 0.454. The van der Waals surface area contributed by atoms with Crippen LogP contribution in [-0.2, 0) is 22.7 Å². The number of aromatic hydroxyl groups is 2. The fraction of sp³-hybridized carbons (Fsp3) is 0.143. The molecule has 0 spiro atoms. The molecule has 0 bridgehead atoms. The Labute approximate surface area is 116 Å². The number of amides is 2. The summed E-state index contributed by atoms with van der Waals surface area (Å²) in [5.41, 5.74) is 0.716. The number of carbonyl (C=O) groups excluding carboxylic acids is 2. The number of carbonyl (C=O) groups is 2. The molecule has 0 saturated carbocycles. The molecule has 1 aromatic carbocycles. The van der Waals surface area contributed by atoms with E-state index in [0.717, 1.165) is 12.2 Å². The SMILES string of the molecule is C=CC(=O)NCc1cc(O)c(CNC(=O)C=C)cc1O. The van der Waals surface area contributed by atoms with Gasteiger partial charge < -0.3 is 20.8 Å². The predicted octanol–water partition coefficient (Wildman–Crippen LogP) is 0.702. The molecule has 0 aromatic heterocycles. The highest BCUT2D eigenvalue weighted by molar-refractivity contribution is 5.87. The summed E-state index contributed by atoms with van der Waals surface area (Å²) in [6.45, 7) is 6.73. The molecule has 6 heteroatoms. The van der Waals surface area contributed by atoms with Gasteiger partial charge in [-0.1, -0.05) is 13.2 Å². The molecular formula is C14H16N2O4. The van der Waals surface area contributed by atoms with E-state index < -0.39 is 0 Å². The van der Waals surface area contributed by atoms with Crippen LogP contribution in [0.5, 0.6) is 11.5 Å². The van der Waals surface area contributed by atoms with Gasteiger partial charge in [0.15, 0.2) is 0 Å². The Balaban J connectivity index is 2.80. The number of hydrogen-bond donors (Lipinski definition) is 4. The lowest BCUT2D eigenvalue weighted by Crippen LogP contribution is -2.21. The summed E-state index contributed by atoms with van der Waals surface area (Å²) in [5, 5.41) is 24.6. The fourth-order valence-electron chi connectivity index (χ4n) is 1.46. The summed E-state index contributed by atoms with van der Waals surface area (Å²) in [6, 6.07) is 2.65. The highest BCUT2D eigenvalue weighted by Gasteiger charge is 2.10. The van der Waals surface area contributed by atoms with Gasteiger partial charge in [-0.3, -0.25) is 9.59 Å². The van der Waals surface area contributed by atoms with Gasteiger partial charge in [-0.25, -0.2) is 0 Å². The normalized spacial score (nSPS) is 9.60. The van der Waals surface area contributed by atoms with Crippen LogP contribution >= 0.6 is 0 Å². The lowest BCUT2D eigenvalue weighted by molar-refractivity contribution is -0.117. The molecule has 0 aliphatic heterocycles. The molecule has 0 fully saturated rings. The van der Waals surface area contributed by atoms with E-state index >= 15 is 0 Å². The Kier molecular flexibility index (Phi) is 5.34. The number of phenolic OH excluding ortho intramolecular Hbond substituents is 2. The van der Waals surface area contributed by atoms with E-state index in [9.17, 15) is 19.8 Å². The Morgan fingerprint density at radius 2 is 1.30 bits per heavy atom. The molecule has 1 rings (SSSR count). The molecule has 20 heavy (non-hydrogen) atoms. The van der Waals surface area contributed by atoms with Gasteiger partial charge in [-0.2, -0.15) is 0 Å². The molecular weight excluding hydrogens is 260 g/mol. The van der Waals surface area contributed by atoms with E-state index in [1.165, 1.54) is 12.1 Å². The van der Waals surface area contributed by atoms with Crippen LogP contribution in [0.2, 0.25) is 0 Å². The van der Waals surface area contributed by atoms with Crippen molar-refractivity contribution in [2.24, 2.45) is 0 Å². The molecule has 0 aliphatic carbocycles. The second-order valence-corrected chi connectivity index (χ2v) is 3.95. The molecule has 0 aliphatic rings. The Morgan fingerprint density at radius 1 is 0.950 bits per heavy atom. The van der Waals surface area contributed by atoms with Crippen LogP contribution in [0.1, 0.15) is 11.1 Å². The van der Waals surface area contributed by atoms with E-state index in [4.69, 9.17) is 0 Å². The Bertz CT molecular complexity index is 503. The van der Waals surface area contributed by atoms with Crippen LogP contribution in [0.4, 0.5) is 0 Å². The van der Waals surface area contributed by atoms with Crippen molar-refractivity contribution < 1.29 is 19.8 Å². The van der Waals surface area contributed by atoms with Gasteiger partial charge >= 0.3 is 0 Å². The molecule has 0 heterocycles. The number of hydrogen-bond acceptors (Lipinski definition) is 4. The molecule has 0 unspecified atom stereocenters. The van der Waals surface area contributed by atoms with Crippen LogP contribution in [0.25, 0.3) is 0 Å². The van der Waals surface area contributed by atoms with Crippen molar-refractivity contribution in [3.05, 3.63) is 48.6 Å². The average molecular weight is 276 g/mol. The molecule has 106 valence electrons. The molecule has 2 amide bonds. The first-order chi connectivity index (χ1) is 9.47. The molecule has 0 atom stereocenters. The average Bonchev–Trinajstić information content (AvgIpc) is 2.45. The highest BCUT2D eigenvalue weighted by atomic mass is 16.3. The maximum Gasteiger partial charge on any atom is 0.243 e.